The van der Waals surface area contributed by atoms with Gasteiger partial charge in [-0.05, 0) is 30.9 Å². The maximum Gasteiger partial charge on any atom is 0.264 e. The monoisotopic (exact) mass is 314 g/mol. The molecular weight excluding hydrogens is 292 g/mol. The molecule has 1 aromatic heterocycles. The van der Waals surface area contributed by atoms with E-state index in [2.05, 4.69) is 43.0 Å². The van der Waals surface area contributed by atoms with Crippen molar-refractivity contribution in [3.63, 3.8) is 0 Å². The van der Waals surface area contributed by atoms with Crippen molar-refractivity contribution in [3.8, 4) is 0 Å². The normalized spacial score (nSPS) is 22.7. The van der Waals surface area contributed by atoms with Gasteiger partial charge in [-0.15, -0.1) is 11.3 Å². The number of rotatable bonds is 3. The third kappa shape index (κ3) is 3.23. The fraction of sp³-hybridized carbons (Fsp3) is 0.389. The Balaban J connectivity index is 1.67. The van der Waals surface area contributed by atoms with Crippen molar-refractivity contribution in [2.45, 2.75) is 32.5 Å². The molecule has 1 aromatic carbocycles. The fourth-order valence-corrected chi connectivity index (χ4v) is 3.74. The van der Waals surface area contributed by atoms with Crippen LogP contribution in [-0.2, 0) is 6.54 Å². The van der Waals surface area contributed by atoms with E-state index in [0.717, 1.165) is 24.5 Å². The van der Waals surface area contributed by atoms with Gasteiger partial charge in [-0.25, -0.2) is 0 Å². The molecule has 0 unspecified atom stereocenters. The van der Waals surface area contributed by atoms with Crippen LogP contribution >= 0.6 is 11.3 Å². The first-order valence-electron chi connectivity index (χ1n) is 7.77. The number of hydrogen-bond acceptors (Lipinski definition) is 3. The zero-order valence-corrected chi connectivity index (χ0v) is 13.9. The lowest BCUT2D eigenvalue weighted by Gasteiger charge is -2.44. The van der Waals surface area contributed by atoms with Gasteiger partial charge in [0.15, 0.2) is 0 Å². The van der Waals surface area contributed by atoms with Gasteiger partial charge in [0.2, 0.25) is 0 Å². The molecule has 2 heterocycles. The molecule has 3 rings (SSSR count). The lowest BCUT2D eigenvalue weighted by atomic mass is 10.1. The second kappa shape index (κ2) is 6.63. The van der Waals surface area contributed by atoms with Gasteiger partial charge >= 0.3 is 0 Å². The first-order valence-corrected chi connectivity index (χ1v) is 8.65. The number of hydrogen-bond donors (Lipinski definition) is 0. The minimum Gasteiger partial charge on any atom is -0.332 e. The standard InChI is InChI=1S/C18H22N2OS/c1-14-12-20(18(21)17-9-6-10-22-17)15(2)11-19(14)13-16-7-4-3-5-8-16/h3-10,14-15H,11-13H2,1-2H3/t14-,15+/m0/s1. The van der Waals surface area contributed by atoms with E-state index in [1.165, 1.54) is 16.9 Å². The Morgan fingerprint density at radius 1 is 1.09 bits per heavy atom. The summed E-state index contributed by atoms with van der Waals surface area (Å²) in [4.78, 5) is 17.9. The van der Waals surface area contributed by atoms with Crippen LogP contribution in [0.4, 0.5) is 0 Å². The average molecular weight is 314 g/mol. The fourth-order valence-electron chi connectivity index (χ4n) is 3.06. The molecule has 1 fully saturated rings. The second-order valence-corrected chi connectivity index (χ2v) is 7.00. The highest BCUT2D eigenvalue weighted by atomic mass is 32.1. The Bertz CT molecular complexity index is 611. The van der Waals surface area contributed by atoms with Gasteiger partial charge in [-0.3, -0.25) is 9.69 Å². The zero-order chi connectivity index (χ0) is 15.5. The first-order chi connectivity index (χ1) is 10.6. The topological polar surface area (TPSA) is 23.6 Å². The summed E-state index contributed by atoms with van der Waals surface area (Å²) in [7, 11) is 0. The first kappa shape index (κ1) is 15.3. The highest BCUT2D eigenvalue weighted by Crippen LogP contribution is 2.21. The molecular formula is C18H22N2OS. The summed E-state index contributed by atoms with van der Waals surface area (Å²) in [6.07, 6.45) is 0. The Hall–Kier alpha value is -1.65. The van der Waals surface area contributed by atoms with Crippen molar-refractivity contribution in [1.29, 1.82) is 0 Å². The number of amides is 1. The minimum absolute atomic E-state index is 0.175. The summed E-state index contributed by atoms with van der Waals surface area (Å²) < 4.78 is 0. The van der Waals surface area contributed by atoms with E-state index in [1.807, 2.05) is 28.5 Å². The number of thiophene rings is 1. The summed E-state index contributed by atoms with van der Waals surface area (Å²) in [5.74, 6) is 0.175. The van der Waals surface area contributed by atoms with Gasteiger partial charge < -0.3 is 4.90 Å². The highest BCUT2D eigenvalue weighted by molar-refractivity contribution is 7.12. The number of carbonyl (C=O) groups is 1. The molecule has 0 spiro atoms. The van der Waals surface area contributed by atoms with Gasteiger partial charge in [0.25, 0.3) is 5.91 Å². The summed E-state index contributed by atoms with van der Waals surface area (Å²) in [5, 5.41) is 1.97. The van der Waals surface area contributed by atoms with Gasteiger partial charge in [-0.2, -0.15) is 0 Å². The molecule has 22 heavy (non-hydrogen) atoms. The van der Waals surface area contributed by atoms with E-state index in [4.69, 9.17) is 0 Å². The lowest BCUT2D eigenvalue weighted by Crippen LogP contribution is -2.57. The van der Waals surface area contributed by atoms with E-state index in [9.17, 15) is 4.79 Å². The molecule has 0 N–H and O–H groups in total. The van der Waals surface area contributed by atoms with Crippen LogP contribution in [0.2, 0.25) is 0 Å². The Kier molecular flexibility index (Phi) is 4.60. The Labute approximate surface area is 136 Å². The van der Waals surface area contributed by atoms with Crippen LogP contribution in [0, 0.1) is 0 Å². The maximum atomic E-state index is 12.6. The zero-order valence-electron chi connectivity index (χ0n) is 13.1. The smallest absolute Gasteiger partial charge is 0.264 e. The molecule has 0 bridgehead atoms. The summed E-state index contributed by atoms with van der Waals surface area (Å²) in [6.45, 7) is 7.03. The molecule has 0 saturated carbocycles. The van der Waals surface area contributed by atoms with Crippen LogP contribution in [0.5, 0.6) is 0 Å². The largest absolute Gasteiger partial charge is 0.332 e. The van der Waals surface area contributed by atoms with Crippen LogP contribution in [0.25, 0.3) is 0 Å². The van der Waals surface area contributed by atoms with Crippen molar-refractivity contribution >= 4 is 17.2 Å². The molecule has 116 valence electrons. The van der Waals surface area contributed by atoms with Gasteiger partial charge in [0, 0.05) is 31.7 Å². The molecule has 1 aliphatic rings. The van der Waals surface area contributed by atoms with Crippen LogP contribution in [0.1, 0.15) is 29.1 Å². The van der Waals surface area contributed by atoms with Crippen LogP contribution in [0.15, 0.2) is 47.8 Å². The van der Waals surface area contributed by atoms with E-state index in [1.54, 1.807) is 0 Å². The van der Waals surface area contributed by atoms with E-state index in [-0.39, 0.29) is 11.9 Å². The Morgan fingerprint density at radius 3 is 2.55 bits per heavy atom. The second-order valence-electron chi connectivity index (χ2n) is 6.05. The average Bonchev–Trinajstić information content (AvgIpc) is 3.05. The SMILES string of the molecule is C[C@@H]1CN(Cc2ccccc2)[C@@H](C)CN1C(=O)c1cccs1. The molecule has 2 aromatic rings. The molecule has 1 aliphatic heterocycles. The molecule has 4 heteroatoms. The number of nitrogens with zero attached hydrogens (tertiary/aromatic N) is 2. The quantitative estimate of drug-likeness (QED) is 0.866. The summed E-state index contributed by atoms with van der Waals surface area (Å²) in [5.41, 5.74) is 1.33. The summed E-state index contributed by atoms with van der Waals surface area (Å²) >= 11 is 1.53. The van der Waals surface area contributed by atoms with E-state index in [0.29, 0.717) is 6.04 Å². The predicted octanol–water partition coefficient (Wildman–Crippen LogP) is 3.48. The van der Waals surface area contributed by atoms with Crippen LogP contribution in [-0.4, -0.2) is 40.9 Å². The van der Waals surface area contributed by atoms with Crippen molar-refractivity contribution in [1.82, 2.24) is 9.80 Å². The predicted molar refractivity (Wildman–Crippen MR) is 91.1 cm³/mol. The number of benzene rings is 1. The third-order valence-corrected chi connectivity index (χ3v) is 5.19. The number of carbonyl (C=O) groups excluding carboxylic acids is 1. The number of piperazine rings is 1. The third-order valence-electron chi connectivity index (χ3n) is 4.34. The molecule has 1 amide bonds. The van der Waals surface area contributed by atoms with Crippen molar-refractivity contribution in [3.05, 3.63) is 58.3 Å². The maximum absolute atomic E-state index is 12.6. The van der Waals surface area contributed by atoms with Crippen LogP contribution in [0.3, 0.4) is 0 Å². The van der Waals surface area contributed by atoms with Gasteiger partial charge in [0.1, 0.15) is 0 Å². The van der Waals surface area contributed by atoms with E-state index < -0.39 is 0 Å². The summed E-state index contributed by atoms with van der Waals surface area (Å²) in [6, 6.07) is 15.0. The van der Waals surface area contributed by atoms with Crippen molar-refractivity contribution in [2.75, 3.05) is 13.1 Å². The highest BCUT2D eigenvalue weighted by Gasteiger charge is 2.32. The molecule has 0 aliphatic carbocycles. The molecule has 1 saturated heterocycles. The van der Waals surface area contributed by atoms with Crippen molar-refractivity contribution < 1.29 is 4.79 Å². The van der Waals surface area contributed by atoms with Gasteiger partial charge in [-0.1, -0.05) is 36.4 Å². The van der Waals surface area contributed by atoms with E-state index >= 15 is 0 Å². The Morgan fingerprint density at radius 2 is 1.86 bits per heavy atom. The van der Waals surface area contributed by atoms with Crippen LogP contribution < -0.4 is 0 Å². The minimum atomic E-state index is 0.175. The molecule has 3 nitrogen and oxygen atoms in total. The van der Waals surface area contributed by atoms with Crippen molar-refractivity contribution in [2.24, 2.45) is 0 Å². The molecule has 0 radical (unpaired) electrons. The molecule has 2 atom stereocenters. The lowest BCUT2D eigenvalue weighted by molar-refractivity contribution is 0.0294. The van der Waals surface area contributed by atoms with Gasteiger partial charge in [0.05, 0.1) is 4.88 Å².